The summed E-state index contributed by atoms with van der Waals surface area (Å²) in [6, 6.07) is 3.73. The summed E-state index contributed by atoms with van der Waals surface area (Å²) in [5.74, 6) is 2.37. The Bertz CT molecular complexity index is 504. The number of hydrogen-bond acceptors (Lipinski definition) is 2. The molecule has 3 atom stereocenters. The van der Waals surface area contributed by atoms with Gasteiger partial charge in [0.1, 0.15) is 0 Å². The van der Waals surface area contributed by atoms with E-state index in [0.29, 0.717) is 16.9 Å². The molecule has 1 heterocycles. The van der Waals surface area contributed by atoms with Crippen LogP contribution in [0.3, 0.4) is 0 Å². The summed E-state index contributed by atoms with van der Waals surface area (Å²) < 4.78 is 0. The van der Waals surface area contributed by atoms with Crippen LogP contribution in [0.25, 0.3) is 0 Å². The number of fused-ring (bicyclic) bond motifs is 2. The van der Waals surface area contributed by atoms with Crippen LogP contribution in [0.2, 0.25) is 0 Å². The minimum Gasteiger partial charge on any atom is -0.352 e. The van der Waals surface area contributed by atoms with Gasteiger partial charge in [-0.3, -0.25) is 9.78 Å². The van der Waals surface area contributed by atoms with Crippen LogP contribution in [0.15, 0.2) is 18.3 Å². The van der Waals surface area contributed by atoms with Gasteiger partial charge in [-0.25, -0.2) is 0 Å². The maximum Gasteiger partial charge on any atom is 0.252 e. The van der Waals surface area contributed by atoms with Crippen molar-refractivity contribution in [3.8, 4) is 0 Å². The van der Waals surface area contributed by atoms with E-state index in [9.17, 15) is 4.79 Å². The summed E-state index contributed by atoms with van der Waals surface area (Å²) >= 11 is 0. The fourth-order valence-electron chi connectivity index (χ4n) is 4.13. The van der Waals surface area contributed by atoms with Gasteiger partial charge in [-0.15, -0.1) is 0 Å². The fourth-order valence-corrected chi connectivity index (χ4v) is 4.13. The van der Waals surface area contributed by atoms with E-state index in [1.54, 1.807) is 6.20 Å². The van der Waals surface area contributed by atoms with Crippen molar-refractivity contribution in [2.45, 2.75) is 40.0 Å². The molecular formula is C17H24N2O. The van der Waals surface area contributed by atoms with E-state index in [0.717, 1.165) is 24.1 Å². The summed E-state index contributed by atoms with van der Waals surface area (Å²) in [6.45, 7) is 7.53. The average molecular weight is 272 g/mol. The molecule has 0 spiro atoms. The maximum absolute atomic E-state index is 12.1. The Hall–Kier alpha value is -1.38. The van der Waals surface area contributed by atoms with Crippen molar-refractivity contribution in [2.24, 2.45) is 23.2 Å². The molecule has 0 aromatic carbocycles. The van der Waals surface area contributed by atoms with Gasteiger partial charge in [-0.2, -0.15) is 0 Å². The van der Waals surface area contributed by atoms with Gasteiger partial charge in [-0.05, 0) is 61.5 Å². The molecule has 1 amide bonds. The van der Waals surface area contributed by atoms with Crippen LogP contribution >= 0.6 is 0 Å². The molecule has 3 heteroatoms. The Balaban J connectivity index is 1.57. The highest BCUT2D eigenvalue weighted by Gasteiger charge is 2.53. The second-order valence-corrected chi connectivity index (χ2v) is 7.10. The van der Waals surface area contributed by atoms with Gasteiger partial charge >= 0.3 is 0 Å². The van der Waals surface area contributed by atoms with Gasteiger partial charge < -0.3 is 5.32 Å². The lowest BCUT2D eigenvalue weighted by Gasteiger charge is -2.60. The lowest BCUT2D eigenvalue weighted by molar-refractivity contribution is -0.103. The van der Waals surface area contributed by atoms with Crippen LogP contribution in [0.1, 0.15) is 49.2 Å². The molecule has 1 N–H and O–H groups in total. The molecule has 1 aromatic rings. The lowest BCUT2D eigenvalue weighted by atomic mass is 9.45. The van der Waals surface area contributed by atoms with Crippen LogP contribution in [0, 0.1) is 30.1 Å². The zero-order chi connectivity index (χ0) is 14.3. The topological polar surface area (TPSA) is 42.0 Å². The monoisotopic (exact) mass is 272 g/mol. The van der Waals surface area contributed by atoms with E-state index in [-0.39, 0.29) is 5.91 Å². The number of nitrogens with one attached hydrogen (secondary N) is 1. The smallest absolute Gasteiger partial charge is 0.252 e. The number of aryl methyl sites for hydroxylation is 1. The predicted octanol–water partition coefficient (Wildman–Crippen LogP) is 3.19. The van der Waals surface area contributed by atoms with Crippen molar-refractivity contribution in [3.63, 3.8) is 0 Å². The quantitative estimate of drug-likeness (QED) is 0.918. The van der Waals surface area contributed by atoms with Gasteiger partial charge in [0, 0.05) is 18.4 Å². The van der Waals surface area contributed by atoms with Crippen molar-refractivity contribution in [1.29, 1.82) is 0 Å². The Labute approximate surface area is 121 Å². The molecule has 4 rings (SSSR count). The first-order valence-electron chi connectivity index (χ1n) is 7.69. The summed E-state index contributed by atoms with van der Waals surface area (Å²) in [5, 5.41) is 3.10. The molecule has 2 bridgehead atoms. The van der Waals surface area contributed by atoms with Gasteiger partial charge in [0.05, 0.1) is 5.56 Å². The number of hydrogen-bond donors (Lipinski definition) is 1. The highest BCUT2D eigenvalue weighted by Crippen LogP contribution is 2.61. The molecule has 108 valence electrons. The second-order valence-electron chi connectivity index (χ2n) is 7.10. The van der Waals surface area contributed by atoms with E-state index in [4.69, 9.17) is 0 Å². The highest BCUT2D eigenvalue weighted by molar-refractivity contribution is 5.93. The normalized spacial score (nSPS) is 30.4. The third-order valence-electron chi connectivity index (χ3n) is 5.70. The van der Waals surface area contributed by atoms with E-state index in [1.165, 1.54) is 19.3 Å². The first-order chi connectivity index (χ1) is 9.48. The molecule has 3 nitrogen and oxygen atoms in total. The largest absolute Gasteiger partial charge is 0.352 e. The van der Waals surface area contributed by atoms with Crippen molar-refractivity contribution in [1.82, 2.24) is 10.3 Å². The standard InChI is InChI=1S/C17H24N2O/c1-11-4-5-13(10-18-11)16(20)19-9-12-6-7-14-8-15(12)17(14,2)3/h4-5,10,12,14-15H,6-9H2,1-3H3,(H,19,20)/t12-,14-,15-/m0/s1. The second kappa shape index (κ2) is 4.87. The highest BCUT2D eigenvalue weighted by atomic mass is 16.1. The number of nitrogens with zero attached hydrogens (tertiary/aromatic N) is 1. The fraction of sp³-hybridized carbons (Fsp3) is 0.647. The van der Waals surface area contributed by atoms with Crippen molar-refractivity contribution in [2.75, 3.05) is 6.54 Å². The minimum atomic E-state index is 0.0109. The van der Waals surface area contributed by atoms with Crippen LogP contribution in [0.4, 0.5) is 0 Å². The molecule has 0 radical (unpaired) electrons. The van der Waals surface area contributed by atoms with E-state index in [1.807, 2.05) is 19.1 Å². The Morgan fingerprint density at radius 1 is 1.40 bits per heavy atom. The molecule has 3 fully saturated rings. The Morgan fingerprint density at radius 2 is 2.20 bits per heavy atom. The third kappa shape index (κ3) is 2.23. The lowest BCUT2D eigenvalue weighted by Crippen LogP contribution is -2.54. The summed E-state index contributed by atoms with van der Waals surface area (Å²) in [7, 11) is 0. The van der Waals surface area contributed by atoms with Crippen LogP contribution in [-0.2, 0) is 0 Å². The summed E-state index contributed by atoms with van der Waals surface area (Å²) in [5.41, 5.74) is 2.09. The number of pyridine rings is 1. The minimum absolute atomic E-state index is 0.0109. The zero-order valence-electron chi connectivity index (χ0n) is 12.6. The van der Waals surface area contributed by atoms with Gasteiger partial charge in [0.25, 0.3) is 5.91 Å². The average Bonchev–Trinajstić information content (AvgIpc) is 2.45. The third-order valence-corrected chi connectivity index (χ3v) is 5.70. The number of aromatic nitrogens is 1. The predicted molar refractivity (Wildman–Crippen MR) is 79.4 cm³/mol. The van der Waals surface area contributed by atoms with Gasteiger partial charge in [-0.1, -0.05) is 13.8 Å². The molecule has 0 aliphatic heterocycles. The molecule has 0 unspecified atom stereocenters. The van der Waals surface area contributed by atoms with E-state index >= 15 is 0 Å². The Morgan fingerprint density at radius 3 is 2.80 bits per heavy atom. The molecule has 1 aromatic heterocycles. The maximum atomic E-state index is 12.1. The van der Waals surface area contributed by atoms with Gasteiger partial charge in [0.2, 0.25) is 0 Å². The van der Waals surface area contributed by atoms with Crippen LogP contribution in [0.5, 0.6) is 0 Å². The van der Waals surface area contributed by atoms with Crippen molar-refractivity contribution in [3.05, 3.63) is 29.6 Å². The Kier molecular flexibility index (Phi) is 3.31. The van der Waals surface area contributed by atoms with Crippen LogP contribution in [-0.4, -0.2) is 17.4 Å². The van der Waals surface area contributed by atoms with Crippen molar-refractivity contribution < 1.29 is 4.79 Å². The van der Waals surface area contributed by atoms with Crippen LogP contribution < -0.4 is 5.32 Å². The molecular weight excluding hydrogens is 248 g/mol. The van der Waals surface area contributed by atoms with E-state index < -0.39 is 0 Å². The molecule has 20 heavy (non-hydrogen) atoms. The number of amides is 1. The van der Waals surface area contributed by atoms with E-state index in [2.05, 4.69) is 24.1 Å². The number of rotatable bonds is 3. The molecule has 3 aliphatic rings. The summed E-state index contributed by atoms with van der Waals surface area (Å²) in [4.78, 5) is 16.3. The summed E-state index contributed by atoms with van der Waals surface area (Å²) in [6.07, 6.45) is 5.62. The first-order valence-corrected chi connectivity index (χ1v) is 7.69. The van der Waals surface area contributed by atoms with Crippen molar-refractivity contribution >= 4 is 5.91 Å². The number of carbonyl (C=O) groups excluding carboxylic acids is 1. The molecule has 0 saturated heterocycles. The number of carbonyl (C=O) groups is 1. The van der Waals surface area contributed by atoms with Gasteiger partial charge in [0.15, 0.2) is 0 Å². The molecule has 3 saturated carbocycles. The molecule has 3 aliphatic carbocycles. The zero-order valence-corrected chi connectivity index (χ0v) is 12.6. The first kappa shape index (κ1) is 13.6. The SMILES string of the molecule is Cc1ccc(C(=O)NC[C@@H]2CC[C@H]3C[C@@H]2C3(C)C)cn1.